The second-order valence-electron chi connectivity index (χ2n) is 6.63. The summed E-state index contributed by atoms with van der Waals surface area (Å²) in [5.41, 5.74) is 0.392. The van der Waals surface area contributed by atoms with E-state index in [9.17, 15) is 14.4 Å². The van der Waals surface area contributed by atoms with Crippen LogP contribution in [0.25, 0.3) is 0 Å². The summed E-state index contributed by atoms with van der Waals surface area (Å²) in [5, 5.41) is 4.84. The minimum absolute atomic E-state index is 0.147. The number of rotatable bonds is 5. The molecule has 2 heterocycles. The van der Waals surface area contributed by atoms with Gasteiger partial charge >= 0.3 is 5.97 Å². The molecule has 3 rings (SSSR count). The molecule has 2 amide bonds. The Bertz CT molecular complexity index is 869. The summed E-state index contributed by atoms with van der Waals surface area (Å²) in [6.07, 6.45) is 3.01. The quantitative estimate of drug-likeness (QED) is 0.735. The molecule has 6 nitrogen and oxygen atoms in total. The average molecular weight is 421 g/mol. The number of hydrogen-bond donors (Lipinski definition) is 1. The van der Waals surface area contributed by atoms with Gasteiger partial charge in [-0.25, -0.2) is 4.79 Å². The average Bonchev–Trinajstić information content (AvgIpc) is 3.21. The van der Waals surface area contributed by atoms with Crippen LogP contribution in [0.1, 0.15) is 46.2 Å². The maximum absolute atomic E-state index is 12.5. The van der Waals surface area contributed by atoms with Crippen LogP contribution in [0.3, 0.4) is 0 Å². The largest absolute Gasteiger partial charge is 0.452 e. The van der Waals surface area contributed by atoms with Gasteiger partial charge in [-0.2, -0.15) is 0 Å². The fraction of sp³-hybridized carbons (Fsp3) is 0.350. The molecule has 1 fully saturated rings. The summed E-state index contributed by atoms with van der Waals surface area (Å²) in [4.78, 5) is 39.5. The van der Waals surface area contributed by atoms with Crippen LogP contribution in [0.15, 0.2) is 35.7 Å². The lowest BCUT2D eigenvalue weighted by atomic mass is 10.0. The smallest absolute Gasteiger partial charge is 0.340 e. The standard InChI is InChI=1S/C20H21ClN2O4S/c1-13-5-2-3-9-23(13)18(24)12-27-20(26)15-8-7-14(21)11-16(15)22-19(25)17-6-4-10-28-17/h4,6-8,10-11,13H,2-3,5,9,12H2,1H3,(H,22,25)/t13-/m0/s1. The molecule has 0 radical (unpaired) electrons. The van der Waals surface area contributed by atoms with Crippen LogP contribution in [-0.2, 0) is 9.53 Å². The molecule has 0 unspecified atom stereocenters. The van der Waals surface area contributed by atoms with Gasteiger partial charge in [0.2, 0.25) is 0 Å². The summed E-state index contributed by atoms with van der Waals surface area (Å²) >= 11 is 7.30. The molecule has 1 aliphatic heterocycles. The molecule has 1 aromatic carbocycles. The molecule has 0 bridgehead atoms. The molecule has 148 valence electrons. The summed E-state index contributed by atoms with van der Waals surface area (Å²) in [7, 11) is 0. The molecule has 0 spiro atoms. The van der Waals surface area contributed by atoms with Crippen molar-refractivity contribution in [3.63, 3.8) is 0 Å². The lowest BCUT2D eigenvalue weighted by Crippen LogP contribution is -2.44. The second-order valence-corrected chi connectivity index (χ2v) is 8.01. The van der Waals surface area contributed by atoms with Crippen molar-refractivity contribution in [2.75, 3.05) is 18.5 Å². The Morgan fingerprint density at radius 1 is 1.29 bits per heavy atom. The van der Waals surface area contributed by atoms with Gasteiger partial charge in [0.25, 0.3) is 11.8 Å². The van der Waals surface area contributed by atoms with Gasteiger partial charge in [-0.05, 0) is 55.8 Å². The van der Waals surface area contributed by atoms with E-state index >= 15 is 0 Å². The van der Waals surface area contributed by atoms with Gasteiger partial charge < -0.3 is 15.0 Å². The third kappa shape index (κ3) is 4.91. The molecule has 0 aliphatic carbocycles. The second kappa shape index (κ2) is 9.21. The van der Waals surface area contributed by atoms with Crippen LogP contribution < -0.4 is 5.32 Å². The third-order valence-electron chi connectivity index (χ3n) is 4.64. The zero-order chi connectivity index (χ0) is 20.1. The molecule has 1 N–H and O–H groups in total. The molecule has 8 heteroatoms. The molecule has 1 aromatic heterocycles. The van der Waals surface area contributed by atoms with Crippen LogP contribution in [0.2, 0.25) is 5.02 Å². The summed E-state index contributed by atoms with van der Waals surface area (Å²) in [6.45, 7) is 2.35. The Morgan fingerprint density at radius 3 is 2.82 bits per heavy atom. The topological polar surface area (TPSA) is 75.7 Å². The maximum Gasteiger partial charge on any atom is 0.340 e. The van der Waals surface area contributed by atoms with Gasteiger partial charge in [0.05, 0.1) is 16.1 Å². The van der Waals surface area contributed by atoms with Crippen LogP contribution in [0.5, 0.6) is 0 Å². The van der Waals surface area contributed by atoms with Gasteiger partial charge in [0.15, 0.2) is 6.61 Å². The van der Waals surface area contributed by atoms with Crippen molar-refractivity contribution in [3.8, 4) is 0 Å². The van der Waals surface area contributed by atoms with E-state index in [1.165, 1.54) is 29.5 Å². The number of piperidine rings is 1. The summed E-state index contributed by atoms with van der Waals surface area (Å²) in [6, 6.07) is 8.09. The first kappa shape index (κ1) is 20.4. The van der Waals surface area contributed by atoms with Gasteiger partial charge in [0, 0.05) is 17.6 Å². The third-order valence-corrected chi connectivity index (χ3v) is 5.75. The number of anilines is 1. The van der Waals surface area contributed by atoms with E-state index in [1.54, 1.807) is 22.4 Å². The Morgan fingerprint density at radius 2 is 2.11 bits per heavy atom. The number of benzene rings is 1. The zero-order valence-corrected chi connectivity index (χ0v) is 17.0. The molecule has 1 atom stereocenters. The first-order chi connectivity index (χ1) is 13.5. The Kier molecular flexibility index (Phi) is 6.70. The molecule has 1 saturated heterocycles. The molecule has 1 aliphatic rings. The predicted octanol–water partition coefficient (Wildman–Crippen LogP) is 4.21. The maximum atomic E-state index is 12.5. The van der Waals surface area contributed by atoms with Crippen molar-refractivity contribution >= 4 is 46.4 Å². The van der Waals surface area contributed by atoms with Crippen molar-refractivity contribution in [1.82, 2.24) is 4.90 Å². The normalized spacial score (nSPS) is 16.5. The number of nitrogens with zero attached hydrogens (tertiary/aromatic N) is 1. The monoisotopic (exact) mass is 420 g/mol. The van der Waals surface area contributed by atoms with E-state index in [0.29, 0.717) is 16.4 Å². The molecular formula is C20H21ClN2O4S. The minimum Gasteiger partial charge on any atom is -0.452 e. The lowest BCUT2D eigenvalue weighted by molar-refractivity contribution is -0.137. The number of carbonyl (C=O) groups is 3. The van der Waals surface area contributed by atoms with E-state index < -0.39 is 5.97 Å². The summed E-state index contributed by atoms with van der Waals surface area (Å²) < 4.78 is 5.22. The van der Waals surface area contributed by atoms with Crippen LogP contribution >= 0.6 is 22.9 Å². The number of esters is 1. The highest BCUT2D eigenvalue weighted by molar-refractivity contribution is 7.12. The lowest BCUT2D eigenvalue weighted by Gasteiger charge is -2.33. The van der Waals surface area contributed by atoms with E-state index in [2.05, 4.69) is 5.32 Å². The number of nitrogens with one attached hydrogen (secondary N) is 1. The first-order valence-electron chi connectivity index (χ1n) is 9.06. The van der Waals surface area contributed by atoms with Crippen LogP contribution in [-0.4, -0.2) is 41.9 Å². The first-order valence-corrected chi connectivity index (χ1v) is 10.3. The highest BCUT2D eigenvalue weighted by atomic mass is 35.5. The van der Waals surface area contributed by atoms with Crippen LogP contribution in [0.4, 0.5) is 5.69 Å². The Balaban J connectivity index is 1.67. The molecule has 28 heavy (non-hydrogen) atoms. The van der Waals surface area contributed by atoms with Crippen molar-refractivity contribution in [2.45, 2.75) is 32.2 Å². The van der Waals surface area contributed by atoms with Crippen molar-refractivity contribution in [3.05, 3.63) is 51.2 Å². The van der Waals surface area contributed by atoms with E-state index in [-0.39, 0.29) is 35.7 Å². The van der Waals surface area contributed by atoms with Gasteiger partial charge in [-0.15, -0.1) is 11.3 Å². The summed E-state index contributed by atoms with van der Waals surface area (Å²) in [5.74, 6) is -1.24. The SMILES string of the molecule is C[C@H]1CCCCN1C(=O)COC(=O)c1ccc(Cl)cc1NC(=O)c1cccs1. The van der Waals surface area contributed by atoms with E-state index in [0.717, 1.165) is 19.3 Å². The number of ether oxygens (including phenoxy) is 1. The number of amides is 2. The van der Waals surface area contributed by atoms with Crippen LogP contribution in [0, 0.1) is 0 Å². The van der Waals surface area contributed by atoms with Crippen molar-refractivity contribution in [1.29, 1.82) is 0 Å². The number of hydrogen-bond acceptors (Lipinski definition) is 5. The molecule has 0 saturated carbocycles. The molecule has 2 aromatic rings. The fourth-order valence-electron chi connectivity index (χ4n) is 3.15. The number of carbonyl (C=O) groups excluding carboxylic acids is 3. The number of halogens is 1. The Hall–Kier alpha value is -2.38. The highest BCUT2D eigenvalue weighted by Crippen LogP contribution is 2.24. The number of thiophene rings is 1. The predicted molar refractivity (Wildman–Crippen MR) is 109 cm³/mol. The van der Waals surface area contributed by atoms with Gasteiger partial charge in [0.1, 0.15) is 0 Å². The van der Waals surface area contributed by atoms with Crippen molar-refractivity contribution in [2.24, 2.45) is 0 Å². The number of likely N-dealkylation sites (tertiary alicyclic amines) is 1. The minimum atomic E-state index is -0.684. The highest BCUT2D eigenvalue weighted by Gasteiger charge is 2.25. The van der Waals surface area contributed by atoms with E-state index in [1.807, 2.05) is 6.92 Å². The Labute approximate surface area is 172 Å². The van der Waals surface area contributed by atoms with Gasteiger partial charge in [-0.3, -0.25) is 9.59 Å². The van der Waals surface area contributed by atoms with E-state index in [4.69, 9.17) is 16.3 Å². The zero-order valence-electron chi connectivity index (χ0n) is 15.4. The fourth-order valence-corrected chi connectivity index (χ4v) is 3.94. The molecular weight excluding hydrogens is 400 g/mol. The van der Waals surface area contributed by atoms with Gasteiger partial charge in [-0.1, -0.05) is 17.7 Å². The van der Waals surface area contributed by atoms with Crippen molar-refractivity contribution < 1.29 is 19.1 Å².